The molecule has 108 valence electrons. The molecule has 0 aliphatic rings. The highest BCUT2D eigenvalue weighted by atomic mass is 16.6. The molecule has 1 unspecified atom stereocenters. The topological polar surface area (TPSA) is 72.8 Å². The molecule has 0 saturated heterocycles. The van der Waals surface area contributed by atoms with Crippen molar-refractivity contribution >= 4 is 11.9 Å². The molecule has 0 radical (unpaired) electrons. The van der Waals surface area contributed by atoms with Gasteiger partial charge in [-0.1, -0.05) is 13.5 Å². The molecule has 0 bridgehead atoms. The Labute approximate surface area is 117 Å². The first-order valence-electron chi connectivity index (χ1n) is 6.26. The van der Waals surface area contributed by atoms with Crippen molar-refractivity contribution in [3.63, 3.8) is 0 Å². The molecule has 0 aliphatic heterocycles. The van der Waals surface area contributed by atoms with E-state index in [1.807, 2.05) is 6.92 Å². The van der Waals surface area contributed by atoms with Crippen LogP contribution in [0.4, 0.5) is 0 Å². The fourth-order valence-corrected chi connectivity index (χ4v) is 1.28. The molecule has 0 saturated carbocycles. The van der Waals surface area contributed by atoms with Gasteiger partial charge in [0.05, 0.1) is 6.10 Å². The minimum atomic E-state index is -0.653. The van der Waals surface area contributed by atoms with Crippen molar-refractivity contribution in [2.45, 2.75) is 33.3 Å². The molecule has 1 atom stereocenters. The Morgan fingerprint density at radius 1 is 1.40 bits per heavy atom. The van der Waals surface area contributed by atoms with Crippen molar-refractivity contribution in [3.05, 3.63) is 35.9 Å². The van der Waals surface area contributed by atoms with E-state index in [9.17, 15) is 14.7 Å². The van der Waals surface area contributed by atoms with E-state index in [0.29, 0.717) is 6.42 Å². The number of ether oxygens (including phenoxy) is 2. The molecule has 1 aromatic carbocycles. The lowest BCUT2D eigenvalue weighted by Crippen LogP contribution is -2.16. The first-order chi connectivity index (χ1) is 9.35. The zero-order chi connectivity index (χ0) is 15.3. The molecule has 0 fully saturated rings. The van der Waals surface area contributed by atoms with E-state index in [0.717, 1.165) is 0 Å². The Balaban J connectivity index is 3.04. The van der Waals surface area contributed by atoms with Crippen molar-refractivity contribution in [1.29, 1.82) is 0 Å². The summed E-state index contributed by atoms with van der Waals surface area (Å²) in [5.41, 5.74) is 0.208. The van der Waals surface area contributed by atoms with E-state index in [1.165, 1.54) is 25.1 Å². The van der Waals surface area contributed by atoms with Gasteiger partial charge in [0.2, 0.25) is 0 Å². The largest absolute Gasteiger partial charge is 0.508 e. The summed E-state index contributed by atoms with van der Waals surface area (Å²) in [5, 5.41) is 9.46. The lowest BCUT2D eigenvalue weighted by atomic mass is 10.2. The van der Waals surface area contributed by atoms with Gasteiger partial charge in [-0.3, -0.25) is 0 Å². The number of esters is 2. The second-order valence-corrected chi connectivity index (χ2v) is 4.47. The van der Waals surface area contributed by atoms with E-state index in [-0.39, 0.29) is 28.7 Å². The molecule has 5 heteroatoms. The number of rotatable bonds is 5. The summed E-state index contributed by atoms with van der Waals surface area (Å²) in [6, 6.07) is 3.86. The Bertz CT molecular complexity index is 533. The molecule has 0 amide bonds. The number of phenols is 1. The highest BCUT2D eigenvalue weighted by Gasteiger charge is 2.19. The quantitative estimate of drug-likeness (QED) is 0.509. The summed E-state index contributed by atoms with van der Waals surface area (Å²) < 4.78 is 10.2. The van der Waals surface area contributed by atoms with Crippen LogP contribution in [0.15, 0.2) is 30.4 Å². The molecular formula is C15H18O5. The van der Waals surface area contributed by atoms with E-state index < -0.39 is 11.9 Å². The molecule has 1 aromatic rings. The van der Waals surface area contributed by atoms with Crippen LogP contribution in [-0.4, -0.2) is 23.1 Å². The van der Waals surface area contributed by atoms with Crippen LogP contribution in [-0.2, 0) is 9.53 Å². The fraction of sp³-hybridized carbons (Fsp3) is 0.333. The normalized spacial score (nSPS) is 11.6. The lowest BCUT2D eigenvalue weighted by Gasteiger charge is -2.13. The second kappa shape index (κ2) is 6.75. The number of phenolic OH excluding ortho intramolecular Hbond substituents is 1. The molecular weight excluding hydrogens is 260 g/mol. The monoisotopic (exact) mass is 278 g/mol. The SMILES string of the molecule is C=C(C)C(=O)Oc1ccc(O)cc1C(=O)OC(C)CC. The summed E-state index contributed by atoms with van der Waals surface area (Å²) in [6.45, 7) is 8.59. The van der Waals surface area contributed by atoms with Crippen molar-refractivity contribution in [3.8, 4) is 11.5 Å². The molecule has 20 heavy (non-hydrogen) atoms. The molecule has 5 nitrogen and oxygen atoms in total. The van der Waals surface area contributed by atoms with Crippen LogP contribution in [0, 0.1) is 0 Å². The number of hydrogen-bond donors (Lipinski definition) is 1. The molecule has 0 spiro atoms. The van der Waals surface area contributed by atoms with Crippen molar-refractivity contribution in [2.24, 2.45) is 0 Å². The van der Waals surface area contributed by atoms with Crippen LogP contribution in [0.3, 0.4) is 0 Å². The molecule has 0 aliphatic carbocycles. The van der Waals surface area contributed by atoms with Gasteiger partial charge in [-0.2, -0.15) is 0 Å². The summed E-state index contributed by atoms with van der Waals surface area (Å²) >= 11 is 0. The number of hydrogen-bond acceptors (Lipinski definition) is 5. The smallest absolute Gasteiger partial charge is 0.342 e. The fourth-order valence-electron chi connectivity index (χ4n) is 1.28. The van der Waals surface area contributed by atoms with Crippen LogP contribution in [0.2, 0.25) is 0 Å². The van der Waals surface area contributed by atoms with Crippen LogP contribution in [0.25, 0.3) is 0 Å². The van der Waals surface area contributed by atoms with Gasteiger partial charge in [0, 0.05) is 5.57 Å². The predicted molar refractivity (Wildman–Crippen MR) is 73.7 cm³/mol. The predicted octanol–water partition coefficient (Wildman–Crippen LogP) is 2.83. The van der Waals surface area contributed by atoms with Crippen LogP contribution in [0.1, 0.15) is 37.6 Å². The third-order valence-corrected chi connectivity index (χ3v) is 2.62. The van der Waals surface area contributed by atoms with Gasteiger partial charge in [-0.25, -0.2) is 9.59 Å². The molecule has 1 N–H and O–H groups in total. The Morgan fingerprint density at radius 3 is 2.60 bits per heavy atom. The lowest BCUT2D eigenvalue weighted by molar-refractivity contribution is -0.130. The van der Waals surface area contributed by atoms with E-state index in [1.54, 1.807) is 6.92 Å². The molecule has 1 rings (SSSR count). The third-order valence-electron chi connectivity index (χ3n) is 2.62. The summed E-state index contributed by atoms with van der Waals surface area (Å²) in [4.78, 5) is 23.5. The summed E-state index contributed by atoms with van der Waals surface area (Å²) in [6.07, 6.45) is 0.389. The average Bonchev–Trinajstić information content (AvgIpc) is 2.40. The Kier molecular flexibility index (Phi) is 5.32. The first kappa shape index (κ1) is 15.8. The van der Waals surface area contributed by atoms with E-state index in [4.69, 9.17) is 9.47 Å². The van der Waals surface area contributed by atoms with Crippen molar-refractivity contribution < 1.29 is 24.2 Å². The summed E-state index contributed by atoms with van der Waals surface area (Å²) in [5.74, 6) is -1.38. The molecule has 0 heterocycles. The maximum atomic E-state index is 12.0. The Morgan fingerprint density at radius 2 is 2.05 bits per heavy atom. The third kappa shape index (κ3) is 4.12. The average molecular weight is 278 g/mol. The van der Waals surface area contributed by atoms with Gasteiger partial charge < -0.3 is 14.6 Å². The van der Waals surface area contributed by atoms with Crippen LogP contribution >= 0.6 is 0 Å². The maximum Gasteiger partial charge on any atom is 0.342 e. The van der Waals surface area contributed by atoms with Gasteiger partial charge in [-0.15, -0.1) is 0 Å². The van der Waals surface area contributed by atoms with Crippen LogP contribution in [0.5, 0.6) is 11.5 Å². The van der Waals surface area contributed by atoms with Gasteiger partial charge >= 0.3 is 11.9 Å². The van der Waals surface area contributed by atoms with E-state index >= 15 is 0 Å². The van der Waals surface area contributed by atoms with Gasteiger partial charge in [0.1, 0.15) is 17.1 Å². The van der Waals surface area contributed by atoms with Gasteiger partial charge in [-0.05, 0) is 38.5 Å². The van der Waals surface area contributed by atoms with E-state index in [2.05, 4.69) is 6.58 Å². The maximum absolute atomic E-state index is 12.0. The summed E-state index contributed by atoms with van der Waals surface area (Å²) in [7, 11) is 0. The number of aromatic hydroxyl groups is 1. The highest BCUT2D eigenvalue weighted by molar-refractivity contribution is 5.96. The van der Waals surface area contributed by atoms with Crippen molar-refractivity contribution in [1.82, 2.24) is 0 Å². The number of benzene rings is 1. The zero-order valence-electron chi connectivity index (χ0n) is 11.8. The number of carbonyl (C=O) groups is 2. The Hall–Kier alpha value is -2.30. The first-order valence-corrected chi connectivity index (χ1v) is 6.26. The minimum absolute atomic E-state index is 0.0000926. The molecule has 0 aromatic heterocycles. The standard InChI is InChI=1S/C15H18O5/c1-5-10(4)19-15(18)12-8-11(16)6-7-13(12)20-14(17)9(2)3/h6-8,10,16H,2,5H2,1,3-4H3. The van der Waals surface area contributed by atoms with Crippen LogP contribution < -0.4 is 4.74 Å². The zero-order valence-corrected chi connectivity index (χ0v) is 11.8. The second-order valence-electron chi connectivity index (χ2n) is 4.47. The number of carbonyl (C=O) groups excluding carboxylic acids is 2. The minimum Gasteiger partial charge on any atom is -0.508 e. The highest BCUT2D eigenvalue weighted by Crippen LogP contribution is 2.25. The van der Waals surface area contributed by atoms with Gasteiger partial charge in [0.15, 0.2) is 0 Å². The van der Waals surface area contributed by atoms with Gasteiger partial charge in [0.25, 0.3) is 0 Å². The van der Waals surface area contributed by atoms with Crippen molar-refractivity contribution in [2.75, 3.05) is 0 Å².